The van der Waals surface area contributed by atoms with Crippen molar-refractivity contribution in [2.24, 2.45) is 0 Å². The molecule has 1 saturated heterocycles. The highest BCUT2D eigenvalue weighted by atomic mass is 35.5. The van der Waals surface area contributed by atoms with Gasteiger partial charge in [-0.1, -0.05) is 29.3 Å². The molecule has 3 rings (SSSR count). The van der Waals surface area contributed by atoms with Crippen molar-refractivity contribution >= 4 is 40.6 Å². The predicted octanol–water partition coefficient (Wildman–Crippen LogP) is 4.22. The lowest BCUT2D eigenvalue weighted by molar-refractivity contribution is -0.113. The number of hydrogen-bond donors (Lipinski definition) is 1. The van der Waals surface area contributed by atoms with Crippen LogP contribution in [0.2, 0.25) is 5.02 Å². The number of aryl methyl sites for hydroxylation is 1. The third-order valence-corrected chi connectivity index (χ3v) is 5.29. The average Bonchev–Trinajstić information content (AvgIpc) is 2.62. The number of hydrogen-bond acceptors (Lipinski definition) is 4. The SMILES string of the molecule is Cc1ccc(SCC(=O)Nc2ccc(N3CCOCC3)c(Cl)c2)cc1. The second kappa shape index (κ2) is 8.61. The molecule has 1 aliphatic heterocycles. The van der Waals surface area contributed by atoms with E-state index in [0.717, 1.165) is 29.4 Å². The van der Waals surface area contributed by atoms with Crippen molar-refractivity contribution in [1.82, 2.24) is 0 Å². The van der Waals surface area contributed by atoms with Gasteiger partial charge in [0.25, 0.3) is 0 Å². The minimum atomic E-state index is -0.0410. The molecule has 0 aliphatic carbocycles. The Labute approximate surface area is 157 Å². The highest BCUT2D eigenvalue weighted by Gasteiger charge is 2.14. The van der Waals surface area contributed by atoms with Gasteiger partial charge in [0.2, 0.25) is 5.91 Å². The molecule has 1 aliphatic rings. The number of nitrogens with one attached hydrogen (secondary N) is 1. The smallest absolute Gasteiger partial charge is 0.234 e. The monoisotopic (exact) mass is 376 g/mol. The average molecular weight is 377 g/mol. The van der Waals surface area contributed by atoms with Crippen molar-refractivity contribution in [3.8, 4) is 0 Å². The van der Waals surface area contributed by atoms with Gasteiger partial charge in [-0.2, -0.15) is 0 Å². The van der Waals surface area contributed by atoms with Crippen molar-refractivity contribution in [1.29, 1.82) is 0 Å². The molecule has 1 N–H and O–H groups in total. The fourth-order valence-electron chi connectivity index (χ4n) is 2.63. The molecule has 0 bridgehead atoms. The molecule has 0 radical (unpaired) electrons. The van der Waals surface area contributed by atoms with E-state index in [2.05, 4.69) is 10.2 Å². The summed E-state index contributed by atoms with van der Waals surface area (Å²) in [7, 11) is 0. The zero-order valence-electron chi connectivity index (χ0n) is 14.1. The molecule has 0 unspecified atom stereocenters. The Morgan fingerprint density at radius 2 is 1.92 bits per heavy atom. The number of carbonyl (C=O) groups excluding carboxylic acids is 1. The lowest BCUT2D eigenvalue weighted by Gasteiger charge is -2.29. The molecule has 6 heteroatoms. The first-order chi connectivity index (χ1) is 12.1. The van der Waals surface area contributed by atoms with Crippen LogP contribution in [0.1, 0.15) is 5.56 Å². The van der Waals surface area contributed by atoms with Gasteiger partial charge in [-0.05, 0) is 37.3 Å². The van der Waals surface area contributed by atoms with Gasteiger partial charge >= 0.3 is 0 Å². The third kappa shape index (κ3) is 5.14. The number of amides is 1. The van der Waals surface area contributed by atoms with Gasteiger partial charge in [-0.3, -0.25) is 4.79 Å². The lowest BCUT2D eigenvalue weighted by Crippen LogP contribution is -2.36. The molecular formula is C19H21ClN2O2S. The van der Waals surface area contributed by atoms with E-state index in [0.29, 0.717) is 24.0 Å². The largest absolute Gasteiger partial charge is 0.378 e. The van der Waals surface area contributed by atoms with Crippen LogP contribution in [0.15, 0.2) is 47.4 Å². The maximum atomic E-state index is 12.1. The van der Waals surface area contributed by atoms with Crippen LogP contribution in [-0.4, -0.2) is 38.0 Å². The summed E-state index contributed by atoms with van der Waals surface area (Å²) in [5.74, 6) is 0.326. The van der Waals surface area contributed by atoms with Gasteiger partial charge < -0.3 is 15.0 Å². The Morgan fingerprint density at radius 3 is 2.60 bits per heavy atom. The summed E-state index contributed by atoms with van der Waals surface area (Å²) in [5.41, 5.74) is 2.91. The van der Waals surface area contributed by atoms with Crippen molar-refractivity contribution in [2.45, 2.75) is 11.8 Å². The molecule has 0 spiro atoms. The maximum absolute atomic E-state index is 12.1. The molecule has 0 atom stereocenters. The number of anilines is 2. The standard InChI is InChI=1S/C19H21ClN2O2S/c1-14-2-5-16(6-3-14)25-13-19(23)21-15-4-7-18(17(20)12-15)22-8-10-24-11-9-22/h2-7,12H,8-11,13H2,1H3,(H,21,23). The molecule has 0 saturated carbocycles. The highest BCUT2D eigenvalue weighted by molar-refractivity contribution is 8.00. The van der Waals surface area contributed by atoms with E-state index >= 15 is 0 Å². The predicted molar refractivity (Wildman–Crippen MR) is 105 cm³/mol. The van der Waals surface area contributed by atoms with Crippen LogP contribution in [-0.2, 0) is 9.53 Å². The molecule has 0 aromatic heterocycles. The molecule has 4 nitrogen and oxygen atoms in total. The summed E-state index contributed by atoms with van der Waals surface area (Å²) in [5, 5.41) is 3.55. The van der Waals surface area contributed by atoms with Gasteiger partial charge in [0.05, 0.1) is 29.7 Å². The summed E-state index contributed by atoms with van der Waals surface area (Å²) < 4.78 is 5.36. The minimum absolute atomic E-state index is 0.0410. The minimum Gasteiger partial charge on any atom is -0.378 e. The lowest BCUT2D eigenvalue weighted by atomic mass is 10.2. The van der Waals surface area contributed by atoms with Crippen molar-refractivity contribution in [3.05, 3.63) is 53.1 Å². The molecule has 1 heterocycles. The quantitative estimate of drug-likeness (QED) is 0.793. The van der Waals surface area contributed by atoms with Crippen molar-refractivity contribution < 1.29 is 9.53 Å². The number of benzene rings is 2. The topological polar surface area (TPSA) is 41.6 Å². The van der Waals surface area contributed by atoms with Crippen LogP contribution in [0.4, 0.5) is 11.4 Å². The Balaban J connectivity index is 1.55. The molecular weight excluding hydrogens is 356 g/mol. The molecule has 2 aromatic rings. The normalized spacial score (nSPS) is 14.4. The molecule has 1 fully saturated rings. The van der Waals surface area contributed by atoms with Gasteiger partial charge in [-0.25, -0.2) is 0 Å². The first kappa shape index (κ1) is 18.1. The first-order valence-corrected chi connectivity index (χ1v) is 9.60. The summed E-state index contributed by atoms with van der Waals surface area (Å²) in [6, 6.07) is 13.8. The van der Waals surface area contributed by atoms with E-state index in [1.807, 2.05) is 43.3 Å². The number of ether oxygens (including phenoxy) is 1. The summed E-state index contributed by atoms with van der Waals surface area (Å²) in [6.07, 6.45) is 0. The Kier molecular flexibility index (Phi) is 6.24. The van der Waals surface area contributed by atoms with Crippen LogP contribution >= 0.6 is 23.4 Å². The van der Waals surface area contributed by atoms with Crippen LogP contribution in [0.25, 0.3) is 0 Å². The van der Waals surface area contributed by atoms with Gasteiger partial charge in [0, 0.05) is 23.7 Å². The maximum Gasteiger partial charge on any atom is 0.234 e. The van der Waals surface area contributed by atoms with Gasteiger partial charge in [-0.15, -0.1) is 11.8 Å². The van der Waals surface area contributed by atoms with Gasteiger partial charge in [0.1, 0.15) is 0 Å². The van der Waals surface area contributed by atoms with Crippen molar-refractivity contribution in [2.75, 3.05) is 42.3 Å². The van der Waals surface area contributed by atoms with E-state index in [-0.39, 0.29) is 5.91 Å². The number of nitrogens with zero attached hydrogens (tertiary/aromatic N) is 1. The molecule has 25 heavy (non-hydrogen) atoms. The Bertz CT molecular complexity index is 731. The molecule has 1 amide bonds. The fraction of sp³-hybridized carbons (Fsp3) is 0.316. The van der Waals surface area contributed by atoms with Crippen LogP contribution < -0.4 is 10.2 Å². The fourth-order valence-corrected chi connectivity index (χ4v) is 3.62. The molecule has 132 valence electrons. The molecule has 2 aromatic carbocycles. The number of thioether (sulfide) groups is 1. The summed E-state index contributed by atoms with van der Waals surface area (Å²) >= 11 is 7.91. The summed E-state index contributed by atoms with van der Waals surface area (Å²) in [6.45, 7) is 5.14. The van der Waals surface area contributed by atoms with Gasteiger partial charge in [0.15, 0.2) is 0 Å². The van der Waals surface area contributed by atoms with E-state index in [1.54, 1.807) is 6.07 Å². The van der Waals surface area contributed by atoms with Crippen LogP contribution in [0, 0.1) is 6.92 Å². The first-order valence-electron chi connectivity index (χ1n) is 8.23. The zero-order valence-corrected chi connectivity index (χ0v) is 15.7. The second-order valence-corrected chi connectivity index (χ2v) is 7.37. The number of halogens is 1. The summed E-state index contributed by atoms with van der Waals surface area (Å²) in [4.78, 5) is 15.4. The zero-order chi connectivity index (χ0) is 17.6. The van der Waals surface area contributed by atoms with E-state index in [1.165, 1.54) is 17.3 Å². The number of rotatable bonds is 5. The van der Waals surface area contributed by atoms with E-state index in [4.69, 9.17) is 16.3 Å². The third-order valence-electron chi connectivity index (χ3n) is 3.97. The van der Waals surface area contributed by atoms with Crippen molar-refractivity contribution in [3.63, 3.8) is 0 Å². The number of carbonyl (C=O) groups is 1. The Hall–Kier alpha value is -1.69. The van der Waals surface area contributed by atoms with E-state index < -0.39 is 0 Å². The van der Waals surface area contributed by atoms with Crippen LogP contribution in [0.3, 0.4) is 0 Å². The highest BCUT2D eigenvalue weighted by Crippen LogP contribution is 2.29. The second-order valence-electron chi connectivity index (χ2n) is 5.92. The number of morpholine rings is 1. The van der Waals surface area contributed by atoms with Crippen LogP contribution in [0.5, 0.6) is 0 Å². The Morgan fingerprint density at radius 1 is 1.20 bits per heavy atom. The van der Waals surface area contributed by atoms with E-state index in [9.17, 15) is 4.79 Å².